The Bertz CT molecular complexity index is 395. The highest BCUT2D eigenvalue weighted by atomic mass is 16.5. The van der Waals surface area contributed by atoms with Crippen molar-refractivity contribution in [3.05, 3.63) is 24.0 Å². The van der Waals surface area contributed by atoms with Crippen LogP contribution in [0.2, 0.25) is 0 Å². The lowest BCUT2D eigenvalue weighted by molar-refractivity contribution is -0.0216. The fourth-order valence-electron chi connectivity index (χ4n) is 2.66. The third-order valence-electron chi connectivity index (χ3n) is 3.66. The predicted octanol–water partition coefficient (Wildman–Crippen LogP) is 3.19. The molecule has 1 N–H and O–H groups in total. The molecule has 1 aromatic rings. The number of aromatic nitrogens is 1. The number of nitrogens with zero attached hydrogens (tertiary/aromatic N) is 1. The van der Waals surface area contributed by atoms with Gasteiger partial charge in [-0.25, -0.2) is 0 Å². The zero-order valence-corrected chi connectivity index (χ0v) is 12.8. The van der Waals surface area contributed by atoms with Gasteiger partial charge in [0.15, 0.2) is 0 Å². The highest BCUT2D eigenvalue weighted by Gasteiger charge is 2.31. The van der Waals surface area contributed by atoms with Crippen LogP contribution in [0.5, 0.6) is 0 Å². The van der Waals surface area contributed by atoms with Crippen molar-refractivity contribution in [2.45, 2.75) is 65.3 Å². The first-order valence-corrected chi connectivity index (χ1v) is 7.48. The van der Waals surface area contributed by atoms with Gasteiger partial charge in [0, 0.05) is 25.5 Å². The van der Waals surface area contributed by atoms with Crippen LogP contribution in [-0.2, 0) is 17.8 Å². The molecule has 2 heterocycles. The molecule has 1 fully saturated rings. The Morgan fingerprint density at radius 2 is 2.26 bits per heavy atom. The van der Waals surface area contributed by atoms with Crippen molar-refractivity contribution in [2.24, 2.45) is 5.92 Å². The summed E-state index contributed by atoms with van der Waals surface area (Å²) in [5.74, 6) is 0.705. The average molecular weight is 264 g/mol. The molecule has 1 saturated heterocycles. The maximum atomic E-state index is 6.04. The largest absolute Gasteiger partial charge is 0.370 e. The molecule has 1 unspecified atom stereocenters. The quantitative estimate of drug-likeness (QED) is 0.854. The SMILES string of the molecule is CC(C)CNCc1ccn(CC2CCC(C)(C)O2)c1. The molecule has 1 aromatic heterocycles. The summed E-state index contributed by atoms with van der Waals surface area (Å²) in [6, 6.07) is 2.20. The number of rotatable bonds is 6. The van der Waals surface area contributed by atoms with Gasteiger partial charge in [0.25, 0.3) is 0 Å². The summed E-state index contributed by atoms with van der Waals surface area (Å²) in [5.41, 5.74) is 1.43. The minimum absolute atomic E-state index is 0.0689. The Hall–Kier alpha value is -0.800. The molecule has 0 amide bonds. The molecule has 0 saturated carbocycles. The van der Waals surface area contributed by atoms with Crippen molar-refractivity contribution < 1.29 is 4.74 Å². The maximum Gasteiger partial charge on any atom is 0.0762 e. The van der Waals surface area contributed by atoms with E-state index in [-0.39, 0.29) is 5.60 Å². The second kappa shape index (κ2) is 6.10. The van der Waals surface area contributed by atoms with Gasteiger partial charge in [-0.3, -0.25) is 0 Å². The van der Waals surface area contributed by atoms with Crippen molar-refractivity contribution >= 4 is 0 Å². The fraction of sp³-hybridized carbons (Fsp3) is 0.750. The lowest BCUT2D eigenvalue weighted by Gasteiger charge is -2.19. The number of nitrogens with one attached hydrogen (secondary N) is 1. The van der Waals surface area contributed by atoms with Crippen LogP contribution in [0.4, 0.5) is 0 Å². The summed E-state index contributed by atoms with van der Waals surface area (Å²) >= 11 is 0. The molecule has 0 aromatic carbocycles. The van der Waals surface area contributed by atoms with Gasteiger partial charge < -0.3 is 14.6 Å². The number of hydrogen-bond donors (Lipinski definition) is 1. The molecule has 1 aliphatic rings. The second-order valence-electron chi connectivity index (χ2n) is 6.78. The zero-order valence-electron chi connectivity index (χ0n) is 12.8. The summed E-state index contributed by atoms with van der Waals surface area (Å²) in [4.78, 5) is 0. The lowest BCUT2D eigenvalue weighted by Crippen LogP contribution is -2.22. The van der Waals surface area contributed by atoms with E-state index in [4.69, 9.17) is 4.74 Å². The third kappa shape index (κ3) is 4.66. The Morgan fingerprint density at radius 1 is 1.47 bits per heavy atom. The molecule has 0 spiro atoms. The van der Waals surface area contributed by atoms with Crippen molar-refractivity contribution in [3.63, 3.8) is 0 Å². The van der Waals surface area contributed by atoms with Crippen molar-refractivity contribution in [1.29, 1.82) is 0 Å². The van der Waals surface area contributed by atoms with E-state index in [1.54, 1.807) is 0 Å². The number of ether oxygens (including phenoxy) is 1. The molecule has 3 nitrogen and oxygen atoms in total. The standard InChI is InChI=1S/C16H28N2O/c1-13(2)9-17-10-14-6-8-18(11-14)12-15-5-7-16(3,4)19-15/h6,8,11,13,15,17H,5,7,9-10,12H2,1-4H3. The van der Waals surface area contributed by atoms with Crippen molar-refractivity contribution in [2.75, 3.05) is 6.54 Å². The van der Waals surface area contributed by atoms with Crippen LogP contribution in [0.15, 0.2) is 18.5 Å². The van der Waals surface area contributed by atoms with E-state index in [1.165, 1.54) is 18.4 Å². The van der Waals surface area contributed by atoms with Crippen LogP contribution < -0.4 is 5.32 Å². The van der Waals surface area contributed by atoms with Gasteiger partial charge in [-0.15, -0.1) is 0 Å². The van der Waals surface area contributed by atoms with Crippen molar-refractivity contribution in [1.82, 2.24) is 9.88 Å². The fourth-order valence-corrected chi connectivity index (χ4v) is 2.66. The second-order valence-corrected chi connectivity index (χ2v) is 6.78. The summed E-state index contributed by atoms with van der Waals surface area (Å²) in [6.07, 6.45) is 7.12. The van der Waals surface area contributed by atoms with Gasteiger partial charge in [0.05, 0.1) is 11.7 Å². The van der Waals surface area contributed by atoms with Gasteiger partial charge in [-0.2, -0.15) is 0 Å². The van der Waals surface area contributed by atoms with Gasteiger partial charge in [0.1, 0.15) is 0 Å². The minimum atomic E-state index is 0.0689. The zero-order chi connectivity index (χ0) is 13.9. The average Bonchev–Trinajstić information content (AvgIpc) is 2.86. The lowest BCUT2D eigenvalue weighted by atomic mass is 10.1. The first kappa shape index (κ1) is 14.6. The van der Waals surface area contributed by atoms with E-state index < -0.39 is 0 Å². The number of hydrogen-bond acceptors (Lipinski definition) is 2. The van der Waals surface area contributed by atoms with Crippen LogP contribution in [0.3, 0.4) is 0 Å². The van der Waals surface area contributed by atoms with Crippen LogP contribution in [-0.4, -0.2) is 22.8 Å². The normalized spacial score (nSPS) is 22.3. The highest BCUT2D eigenvalue weighted by molar-refractivity contribution is 5.10. The summed E-state index contributed by atoms with van der Waals surface area (Å²) < 4.78 is 8.30. The maximum absolute atomic E-state index is 6.04. The topological polar surface area (TPSA) is 26.2 Å². The third-order valence-corrected chi connectivity index (χ3v) is 3.66. The van der Waals surface area contributed by atoms with E-state index in [0.717, 1.165) is 19.6 Å². The molecule has 19 heavy (non-hydrogen) atoms. The molecule has 108 valence electrons. The van der Waals surface area contributed by atoms with E-state index in [9.17, 15) is 0 Å². The molecular weight excluding hydrogens is 236 g/mol. The first-order valence-electron chi connectivity index (χ1n) is 7.48. The van der Waals surface area contributed by atoms with Gasteiger partial charge in [-0.05, 0) is 50.8 Å². The Labute approximate surface area is 117 Å². The minimum Gasteiger partial charge on any atom is -0.370 e. The highest BCUT2D eigenvalue weighted by Crippen LogP contribution is 2.30. The molecule has 1 atom stereocenters. The predicted molar refractivity (Wildman–Crippen MR) is 79.2 cm³/mol. The summed E-state index contributed by atoms with van der Waals surface area (Å²) in [5, 5.41) is 3.48. The summed E-state index contributed by atoms with van der Waals surface area (Å²) in [7, 11) is 0. The monoisotopic (exact) mass is 264 g/mol. The van der Waals surface area contributed by atoms with E-state index in [0.29, 0.717) is 12.0 Å². The Kier molecular flexibility index (Phi) is 4.69. The van der Waals surface area contributed by atoms with Crippen molar-refractivity contribution in [3.8, 4) is 0 Å². The molecule has 3 heteroatoms. The van der Waals surface area contributed by atoms with Gasteiger partial charge >= 0.3 is 0 Å². The van der Waals surface area contributed by atoms with Crippen LogP contribution in [0.25, 0.3) is 0 Å². The Morgan fingerprint density at radius 3 is 2.89 bits per heavy atom. The van der Waals surface area contributed by atoms with E-state index >= 15 is 0 Å². The van der Waals surface area contributed by atoms with Gasteiger partial charge in [-0.1, -0.05) is 13.8 Å². The van der Waals surface area contributed by atoms with Crippen LogP contribution in [0.1, 0.15) is 46.1 Å². The van der Waals surface area contributed by atoms with E-state index in [1.807, 2.05) is 0 Å². The van der Waals surface area contributed by atoms with Crippen LogP contribution >= 0.6 is 0 Å². The molecule has 2 rings (SSSR count). The molecular formula is C16H28N2O. The molecule has 1 aliphatic heterocycles. The van der Waals surface area contributed by atoms with Gasteiger partial charge in [0.2, 0.25) is 0 Å². The molecule has 0 aliphatic carbocycles. The Balaban J connectivity index is 1.78. The van der Waals surface area contributed by atoms with Crippen LogP contribution in [0, 0.1) is 5.92 Å². The molecule has 0 bridgehead atoms. The van der Waals surface area contributed by atoms with E-state index in [2.05, 4.69) is 56.0 Å². The molecule has 0 radical (unpaired) electrons. The summed E-state index contributed by atoms with van der Waals surface area (Å²) in [6.45, 7) is 11.9. The smallest absolute Gasteiger partial charge is 0.0762 e. The first-order chi connectivity index (χ1) is 8.94.